The van der Waals surface area contributed by atoms with Crippen molar-refractivity contribution >= 4 is 32.5 Å². The largest absolute Gasteiger partial charge is 0.497 e. The van der Waals surface area contributed by atoms with Gasteiger partial charge in [-0.15, -0.1) is 0 Å². The molecule has 2 heterocycles. The molecule has 5 rings (SSSR count). The maximum atomic E-state index is 13.8. The van der Waals surface area contributed by atoms with Crippen molar-refractivity contribution in [3.63, 3.8) is 0 Å². The van der Waals surface area contributed by atoms with E-state index in [1.165, 1.54) is 12.1 Å². The molecule has 4 aromatic rings. The van der Waals surface area contributed by atoms with Gasteiger partial charge in [-0.1, -0.05) is 36.4 Å². The number of Topliss-reactive ketones (excluding diaryl/α,β-unsaturated/α-hetero) is 2. The van der Waals surface area contributed by atoms with Crippen LogP contribution in [-0.4, -0.2) is 49.1 Å². The number of ketones is 2. The minimum absolute atomic E-state index is 0.0756. The fraction of sp³-hybridized carbons (Fsp3) is 0.172. The van der Waals surface area contributed by atoms with Crippen LogP contribution < -0.4 is 4.74 Å². The summed E-state index contributed by atoms with van der Waals surface area (Å²) in [6, 6.07) is 23.7. The van der Waals surface area contributed by atoms with Crippen molar-refractivity contribution in [2.45, 2.75) is 17.7 Å². The molecule has 0 atom stereocenters. The molecule has 0 saturated heterocycles. The van der Waals surface area contributed by atoms with E-state index in [0.29, 0.717) is 47.2 Å². The molecule has 0 spiro atoms. The number of fused-ring (bicyclic) bond motifs is 1. The first-order valence-corrected chi connectivity index (χ1v) is 13.4. The van der Waals surface area contributed by atoms with Crippen LogP contribution in [0.15, 0.2) is 102 Å². The minimum atomic E-state index is -4.02. The zero-order valence-corrected chi connectivity index (χ0v) is 21.1. The van der Waals surface area contributed by atoms with Crippen molar-refractivity contribution in [3.8, 4) is 5.75 Å². The number of benzene rings is 3. The smallest absolute Gasteiger partial charge is 0.268 e. The van der Waals surface area contributed by atoms with Crippen LogP contribution in [0.4, 0.5) is 0 Å². The first-order valence-electron chi connectivity index (χ1n) is 12.0. The van der Waals surface area contributed by atoms with Crippen LogP contribution in [0.1, 0.15) is 33.7 Å². The van der Waals surface area contributed by atoms with Gasteiger partial charge in [0.2, 0.25) is 5.78 Å². The van der Waals surface area contributed by atoms with E-state index in [-0.39, 0.29) is 28.7 Å². The number of hydrogen-bond acceptors (Lipinski definition) is 6. The summed E-state index contributed by atoms with van der Waals surface area (Å²) < 4.78 is 33.6. The second kappa shape index (κ2) is 10.1. The number of aromatic nitrogens is 1. The number of hydrogen-bond donors (Lipinski definition) is 0. The average molecular weight is 515 g/mol. The Hall–Kier alpha value is -4.17. The fourth-order valence-corrected chi connectivity index (χ4v) is 6.11. The lowest BCUT2D eigenvalue weighted by Gasteiger charge is -2.26. The Morgan fingerprint density at radius 2 is 1.62 bits per heavy atom. The molecule has 0 saturated carbocycles. The number of nitrogens with zero attached hydrogens (tertiary/aromatic N) is 2. The van der Waals surface area contributed by atoms with E-state index in [9.17, 15) is 18.0 Å². The molecule has 0 N–H and O–H groups in total. The van der Waals surface area contributed by atoms with E-state index in [4.69, 9.17) is 4.74 Å². The average Bonchev–Trinajstić information content (AvgIpc) is 3.34. The van der Waals surface area contributed by atoms with Gasteiger partial charge in [0.25, 0.3) is 10.0 Å². The standard InChI is InChI=1S/C29H26N2O5S/c1-36-24-15-13-21(14-16-24)28(32)20-30-17-7-9-23(19-30)29(33)27-18-22-8-5-6-12-26(22)31(27)37(34,35)25-10-3-2-4-11-25/h2-6,8,10-16,18-19H,7,9,17,20H2,1H3. The van der Waals surface area contributed by atoms with E-state index in [1.807, 2.05) is 11.0 Å². The summed E-state index contributed by atoms with van der Waals surface area (Å²) in [5.41, 5.74) is 1.56. The summed E-state index contributed by atoms with van der Waals surface area (Å²) in [6.07, 6.45) is 2.88. The van der Waals surface area contributed by atoms with Crippen LogP contribution in [0.2, 0.25) is 0 Å². The van der Waals surface area contributed by atoms with E-state index in [1.54, 1.807) is 80.0 Å². The monoisotopic (exact) mass is 514 g/mol. The Labute approximate surface area is 215 Å². The third-order valence-electron chi connectivity index (χ3n) is 6.46. The second-order valence-electron chi connectivity index (χ2n) is 8.88. The van der Waals surface area contributed by atoms with Gasteiger partial charge in [-0.3, -0.25) is 9.59 Å². The third-order valence-corrected chi connectivity index (χ3v) is 8.20. The molecule has 0 bridgehead atoms. The highest BCUT2D eigenvalue weighted by Gasteiger charge is 2.29. The van der Waals surface area contributed by atoms with Gasteiger partial charge in [0.1, 0.15) is 11.4 Å². The molecule has 0 unspecified atom stereocenters. The SMILES string of the molecule is COc1ccc(C(=O)CN2C=C(C(=O)c3cc4ccccc4n3S(=O)(=O)c3ccccc3)CCC2)cc1. The number of para-hydroxylation sites is 1. The highest BCUT2D eigenvalue weighted by Crippen LogP contribution is 2.29. The topological polar surface area (TPSA) is 85.7 Å². The lowest BCUT2D eigenvalue weighted by molar-refractivity contribution is 0.0942. The molecule has 0 radical (unpaired) electrons. The van der Waals surface area contributed by atoms with Gasteiger partial charge in [-0.2, -0.15) is 0 Å². The lowest BCUT2D eigenvalue weighted by atomic mass is 10.0. The maximum Gasteiger partial charge on any atom is 0.268 e. The Kier molecular flexibility index (Phi) is 6.67. The quantitative estimate of drug-likeness (QED) is 0.310. The van der Waals surface area contributed by atoms with Crippen LogP contribution in [0.3, 0.4) is 0 Å². The molecule has 8 heteroatoms. The van der Waals surface area contributed by atoms with E-state index >= 15 is 0 Å². The Morgan fingerprint density at radius 1 is 0.919 bits per heavy atom. The molecule has 188 valence electrons. The Balaban J connectivity index is 1.48. The number of rotatable bonds is 8. The predicted molar refractivity (Wildman–Crippen MR) is 142 cm³/mol. The summed E-state index contributed by atoms with van der Waals surface area (Å²) in [7, 11) is -2.45. The van der Waals surface area contributed by atoms with Gasteiger partial charge in [0.05, 0.1) is 24.1 Å². The summed E-state index contributed by atoms with van der Waals surface area (Å²) in [5, 5.41) is 0.660. The van der Waals surface area contributed by atoms with E-state index < -0.39 is 10.0 Å². The molecule has 0 fully saturated rings. The molecule has 1 aliphatic rings. The number of carbonyl (C=O) groups is 2. The van der Waals surface area contributed by atoms with Crippen LogP contribution in [0.5, 0.6) is 5.75 Å². The van der Waals surface area contributed by atoms with Crippen LogP contribution in [-0.2, 0) is 10.0 Å². The van der Waals surface area contributed by atoms with Gasteiger partial charge in [0, 0.05) is 29.3 Å². The molecule has 0 amide bonds. The van der Waals surface area contributed by atoms with Crippen LogP contribution >= 0.6 is 0 Å². The fourth-order valence-electron chi connectivity index (χ4n) is 4.58. The van der Waals surface area contributed by atoms with Crippen molar-refractivity contribution in [1.29, 1.82) is 0 Å². The van der Waals surface area contributed by atoms with Crippen molar-refractivity contribution in [2.24, 2.45) is 0 Å². The Bertz CT molecular complexity index is 1600. The van der Waals surface area contributed by atoms with Gasteiger partial charge in [-0.05, 0) is 61.4 Å². The zero-order chi connectivity index (χ0) is 26.0. The first kappa shape index (κ1) is 24.5. The number of methoxy groups -OCH3 is 1. The summed E-state index contributed by atoms with van der Waals surface area (Å²) in [4.78, 5) is 28.5. The van der Waals surface area contributed by atoms with Crippen molar-refractivity contribution in [3.05, 3.63) is 108 Å². The third kappa shape index (κ3) is 4.80. The van der Waals surface area contributed by atoms with Gasteiger partial charge in [-0.25, -0.2) is 12.4 Å². The summed E-state index contributed by atoms with van der Waals surface area (Å²) >= 11 is 0. The number of ether oxygens (including phenoxy) is 1. The van der Waals surface area contributed by atoms with Gasteiger partial charge >= 0.3 is 0 Å². The number of allylic oxidation sites excluding steroid dienone is 1. The molecular formula is C29H26N2O5S. The number of carbonyl (C=O) groups excluding carboxylic acids is 2. The second-order valence-corrected chi connectivity index (χ2v) is 10.7. The van der Waals surface area contributed by atoms with Gasteiger partial charge < -0.3 is 9.64 Å². The Morgan fingerprint density at radius 3 is 2.35 bits per heavy atom. The minimum Gasteiger partial charge on any atom is -0.497 e. The van der Waals surface area contributed by atoms with E-state index in [2.05, 4.69) is 0 Å². The highest BCUT2D eigenvalue weighted by molar-refractivity contribution is 7.90. The van der Waals surface area contributed by atoms with Crippen LogP contribution in [0, 0.1) is 0 Å². The molecule has 37 heavy (non-hydrogen) atoms. The highest BCUT2D eigenvalue weighted by atomic mass is 32.2. The molecular weight excluding hydrogens is 488 g/mol. The molecule has 3 aromatic carbocycles. The molecule has 7 nitrogen and oxygen atoms in total. The molecule has 1 aromatic heterocycles. The lowest BCUT2D eigenvalue weighted by Crippen LogP contribution is -2.30. The molecule has 0 aliphatic carbocycles. The summed E-state index contributed by atoms with van der Waals surface area (Å²) in [5.74, 6) is 0.230. The summed E-state index contributed by atoms with van der Waals surface area (Å²) in [6.45, 7) is 0.748. The van der Waals surface area contributed by atoms with Crippen molar-refractivity contribution in [2.75, 3.05) is 20.2 Å². The van der Waals surface area contributed by atoms with Crippen molar-refractivity contribution in [1.82, 2.24) is 8.87 Å². The molecule has 1 aliphatic heterocycles. The van der Waals surface area contributed by atoms with Crippen molar-refractivity contribution < 1.29 is 22.7 Å². The normalized spacial score (nSPS) is 13.9. The predicted octanol–water partition coefficient (Wildman–Crippen LogP) is 4.93. The van der Waals surface area contributed by atoms with Crippen LogP contribution in [0.25, 0.3) is 10.9 Å². The van der Waals surface area contributed by atoms with E-state index in [0.717, 1.165) is 3.97 Å². The first-order chi connectivity index (χ1) is 17.9. The maximum absolute atomic E-state index is 13.8. The van der Waals surface area contributed by atoms with Gasteiger partial charge in [0.15, 0.2) is 5.78 Å². The zero-order valence-electron chi connectivity index (χ0n) is 20.3.